The van der Waals surface area contributed by atoms with Gasteiger partial charge in [-0.2, -0.15) is 0 Å². The minimum absolute atomic E-state index is 0.103. The summed E-state index contributed by atoms with van der Waals surface area (Å²) in [6.07, 6.45) is 0.647. The van der Waals surface area contributed by atoms with Crippen molar-refractivity contribution in [3.63, 3.8) is 0 Å². The van der Waals surface area contributed by atoms with Crippen LogP contribution in [0.25, 0.3) is 0 Å². The van der Waals surface area contributed by atoms with Crippen LogP contribution in [-0.4, -0.2) is 29.3 Å². The number of rotatable bonds is 4. The average Bonchev–Trinajstić information content (AvgIpc) is 3.15. The fourth-order valence-corrected chi connectivity index (χ4v) is 5.17. The van der Waals surface area contributed by atoms with E-state index in [2.05, 4.69) is 5.32 Å². The summed E-state index contributed by atoms with van der Waals surface area (Å²) in [6, 6.07) is 13.1. The van der Waals surface area contributed by atoms with Crippen molar-refractivity contribution in [2.24, 2.45) is 0 Å². The largest absolute Gasteiger partial charge is 0.453 e. The molecule has 4 rings (SSSR count). The van der Waals surface area contributed by atoms with Gasteiger partial charge in [-0.15, -0.1) is 0 Å². The number of carbonyl (C=O) groups is 3. The maximum absolute atomic E-state index is 12.9. The number of amides is 2. The summed E-state index contributed by atoms with van der Waals surface area (Å²) < 4.78 is 5.34. The summed E-state index contributed by atoms with van der Waals surface area (Å²) in [5, 5.41) is 2.75. The molecule has 2 amide bonds. The van der Waals surface area contributed by atoms with Crippen molar-refractivity contribution >= 4 is 40.9 Å². The van der Waals surface area contributed by atoms with Gasteiger partial charge in [-0.05, 0) is 49.2 Å². The number of para-hydroxylation sites is 1. The van der Waals surface area contributed by atoms with Gasteiger partial charge in [-0.25, -0.2) is 4.79 Å². The predicted molar refractivity (Wildman–Crippen MR) is 107 cm³/mol. The second-order valence-corrected chi connectivity index (χ2v) is 8.40. The van der Waals surface area contributed by atoms with Crippen LogP contribution in [0.3, 0.4) is 0 Å². The van der Waals surface area contributed by atoms with Crippen LogP contribution in [-0.2, 0) is 19.1 Å². The molecule has 1 saturated heterocycles. The Hall–Kier alpha value is -2.80. The molecule has 0 bridgehead atoms. The van der Waals surface area contributed by atoms with Gasteiger partial charge < -0.3 is 10.1 Å². The van der Waals surface area contributed by atoms with Crippen LogP contribution >= 0.6 is 11.8 Å². The smallest absolute Gasteiger partial charge is 0.344 e. The third-order valence-corrected chi connectivity index (χ3v) is 6.29. The van der Waals surface area contributed by atoms with Crippen molar-refractivity contribution in [3.8, 4) is 0 Å². The highest BCUT2D eigenvalue weighted by Crippen LogP contribution is 2.56. The first-order valence-corrected chi connectivity index (χ1v) is 9.87. The van der Waals surface area contributed by atoms with Gasteiger partial charge in [0.2, 0.25) is 5.91 Å². The number of carbonyl (C=O) groups excluding carboxylic acids is 3. The summed E-state index contributed by atoms with van der Waals surface area (Å²) >= 11 is 1.32. The van der Waals surface area contributed by atoms with Gasteiger partial charge in [0.05, 0.1) is 5.69 Å². The summed E-state index contributed by atoms with van der Waals surface area (Å²) in [5.74, 6) is -1.07. The number of benzene rings is 2. The van der Waals surface area contributed by atoms with Crippen molar-refractivity contribution in [1.82, 2.24) is 0 Å². The standard InChI is InChI=1S/C21H20N2O4S/c1-13-9-14(2)11-15(10-13)22-18(24)12-27-20(26)21-8-7-19(25)23(21)16-5-3-4-6-17(16)28-21/h3-6,9-11H,7-8,12H2,1-2H3,(H,22,24). The average molecular weight is 396 g/mol. The molecule has 0 aliphatic carbocycles. The Morgan fingerprint density at radius 3 is 2.64 bits per heavy atom. The zero-order chi connectivity index (χ0) is 19.9. The van der Waals surface area contributed by atoms with E-state index in [4.69, 9.17) is 4.74 Å². The molecular weight excluding hydrogens is 376 g/mol. The molecule has 0 aromatic heterocycles. The topological polar surface area (TPSA) is 75.7 Å². The van der Waals surface area contributed by atoms with Crippen LogP contribution in [0.1, 0.15) is 24.0 Å². The number of nitrogens with one attached hydrogen (secondary N) is 1. The zero-order valence-electron chi connectivity index (χ0n) is 15.7. The molecule has 2 aromatic carbocycles. The van der Waals surface area contributed by atoms with Gasteiger partial charge in [0.25, 0.3) is 5.91 Å². The number of ether oxygens (including phenoxy) is 1. The molecule has 144 valence electrons. The molecule has 2 aliphatic heterocycles. The Labute approximate surface area is 167 Å². The first-order valence-electron chi connectivity index (χ1n) is 9.05. The molecule has 1 fully saturated rings. The van der Waals surface area contributed by atoms with Crippen LogP contribution < -0.4 is 10.2 Å². The molecule has 2 aliphatic rings. The van der Waals surface area contributed by atoms with Crippen LogP contribution in [0.2, 0.25) is 0 Å². The Morgan fingerprint density at radius 1 is 1.18 bits per heavy atom. The molecule has 2 aromatic rings. The van der Waals surface area contributed by atoms with E-state index in [1.54, 1.807) is 0 Å². The molecule has 0 saturated carbocycles. The van der Waals surface area contributed by atoms with Gasteiger partial charge >= 0.3 is 5.97 Å². The number of hydrogen-bond donors (Lipinski definition) is 1. The Bertz CT molecular complexity index is 970. The molecule has 0 radical (unpaired) electrons. The number of esters is 1. The molecule has 1 atom stereocenters. The van der Waals surface area contributed by atoms with E-state index < -0.39 is 23.4 Å². The second kappa shape index (κ2) is 6.98. The monoisotopic (exact) mass is 396 g/mol. The lowest BCUT2D eigenvalue weighted by Gasteiger charge is -2.28. The van der Waals surface area contributed by atoms with E-state index >= 15 is 0 Å². The maximum atomic E-state index is 12.9. The van der Waals surface area contributed by atoms with Crippen LogP contribution in [0.15, 0.2) is 47.4 Å². The molecule has 0 spiro atoms. The molecule has 1 unspecified atom stereocenters. The highest BCUT2D eigenvalue weighted by Gasteiger charge is 2.58. The molecule has 28 heavy (non-hydrogen) atoms. The fourth-order valence-electron chi connectivity index (χ4n) is 3.76. The lowest BCUT2D eigenvalue weighted by atomic mass is 10.1. The highest BCUT2D eigenvalue weighted by molar-refractivity contribution is 8.02. The van der Waals surface area contributed by atoms with Crippen molar-refractivity contribution in [3.05, 3.63) is 53.6 Å². The fraction of sp³-hybridized carbons (Fsp3) is 0.286. The van der Waals surface area contributed by atoms with E-state index in [1.165, 1.54) is 16.7 Å². The summed E-state index contributed by atoms with van der Waals surface area (Å²) in [7, 11) is 0. The van der Waals surface area contributed by atoms with Crippen molar-refractivity contribution < 1.29 is 19.1 Å². The molecule has 6 nitrogen and oxygen atoms in total. The zero-order valence-corrected chi connectivity index (χ0v) is 16.5. The minimum Gasteiger partial charge on any atom is -0.453 e. The summed E-state index contributed by atoms with van der Waals surface area (Å²) in [4.78, 5) is 38.8. The lowest BCUT2D eigenvalue weighted by Crippen LogP contribution is -2.48. The van der Waals surface area contributed by atoms with Gasteiger partial charge in [0.1, 0.15) is 0 Å². The number of fused-ring (bicyclic) bond motifs is 3. The molecule has 7 heteroatoms. The number of aryl methyl sites for hydroxylation is 2. The SMILES string of the molecule is Cc1cc(C)cc(NC(=O)COC(=O)C23CCC(=O)N2c2ccccc2S3)c1. The van der Waals surface area contributed by atoms with Crippen molar-refractivity contribution in [2.75, 3.05) is 16.8 Å². The van der Waals surface area contributed by atoms with Crippen molar-refractivity contribution in [2.45, 2.75) is 36.5 Å². The number of thioether (sulfide) groups is 1. The third kappa shape index (κ3) is 3.16. The number of anilines is 2. The first kappa shape index (κ1) is 18.6. The Balaban J connectivity index is 1.45. The van der Waals surface area contributed by atoms with Crippen LogP contribution in [0.5, 0.6) is 0 Å². The normalized spacial score (nSPS) is 19.9. The second-order valence-electron chi connectivity index (χ2n) is 7.08. The lowest BCUT2D eigenvalue weighted by molar-refractivity contribution is -0.149. The molecule has 1 N–H and O–H groups in total. The van der Waals surface area contributed by atoms with Gasteiger partial charge in [-0.3, -0.25) is 14.5 Å². The predicted octanol–water partition coefficient (Wildman–Crippen LogP) is 3.41. The quantitative estimate of drug-likeness (QED) is 0.802. The summed E-state index contributed by atoms with van der Waals surface area (Å²) in [5.41, 5.74) is 3.46. The highest BCUT2D eigenvalue weighted by atomic mass is 32.2. The van der Waals surface area contributed by atoms with E-state index in [9.17, 15) is 14.4 Å². The number of hydrogen-bond acceptors (Lipinski definition) is 5. The molecule has 2 heterocycles. The van der Waals surface area contributed by atoms with Crippen molar-refractivity contribution in [1.29, 1.82) is 0 Å². The van der Waals surface area contributed by atoms with Gasteiger partial charge in [-0.1, -0.05) is 30.0 Å². The maximum Gasteiger partial charge on any atom is 0.344 e. The van der Waals surface area contributed by atoms with Crippen LogP contribution in [0.4, 0.5) is 11.4 Å². The summed E-state index contributed by atoms with van der Waals surface area (Å²) in [6.45, 7) is 3.50. The first-order chi connectivity index (χ1) is 13.4. The van der Waals surface area contributed by atoms with E-state index in [0.29, 0.717) is 12.1 Å². The van der Waals surface area contributed by atoms with E-state index in [0.717, 1.165) is 21.7 Å². The minimum atomic E-state index is -1.11. The van der Waals surface area contributed by atoms with E-state index in [-0.39, 0.29) is 12.3 Å². The van der Waals surface area contributed by atoms with Gasteiger partial charge in [0.15, 0.2) is 11.5 Å². The van der Waals surface area contributed by atoms with Crippen LogP contribution in [0, 0.1) is 13.8 Å². The van der Waals surface area contributed by atoms with Gasteiger partial charge in [0, 0.05) is 23.4 Å². The van der Waals surface area contributed by atoms with E-state index in [1.807, 2.05) is 56.3 Å². The number of nitrogens with zero attached hydrogens (tertiary/aromatic N) is 1. The third-order valence-electron chi connectivity index (χ3n) is 4.83. The Morgan fingerprint density at radius 2 is 1.89 bits per heavy atom. The molecular formula is C21H20N2O4S. The Kier molecular flexibility index (Phi) is 4.63.